The van der Waals surface area contributed by atoms with Gasteiger partial charge in [-0.15, -0.1) is 37.9 Å². The number of nitrogens with one attached hydrogen (secondary N) is 2. The first-order valence-electron chi connectivity index (χ1n) is 28.6. The minimum absolute atomic E-state index is 0. The molecule has 4 aliphatic rings. The Kier molecular flexibility index (Phi) is 37.3. The zero-order valence-corrected chi connectivity index (χ0v) is 57.9. The van der Waals surface area contributed by atoms with Crippen molar-refractivity contribution in [2.24, 2.45) is 0 Å². The van der Waals surface area contributed by atoms with E-state index in [1.165, 1.54) is 30.0 Å². The van der Waals surface area contributed by atoms with Crippen LogP contribution in [0.25, 0.3) is 0 Å². The van der Waals surface area contributed by atoms with Crippen LogP contribution in [0.15, 0.2) is 77.4 Å². The molecule has 0 saturated carbocycles. The van der Waals surface area contributed by atoms with Gasteiger partial charge in [-0.25, -0.2) is 9.37 Å². The molecule has 0 aromatic heterocycles. The van der Waals surface area contributed by atoms with Crippen LogP contribution in [0.2, 0.25) is 0 Å². The van der Waals surface area contributed by atoms with Gasteiger partial charge in [0, 0.05) is 62.3 Å². The van der Waals surface area contributed by atoms with Crippen molar-refractivity contribution in [2.45, 2.75) is 170 Å². The van der Waals surface area contributed by atoms with Crippen LogP contribution in [-0.4, -0.2) is 225 Å². The predicted molar refractivity (Wildman–Crippen MR) is 316 cm³/mol. The zero-order chi connectivity index (χ0) is 67.5. The third-order valence-electron chi connectivity index (χ3n) is 15.0. The number of unbranched alkanes of at least 4 members (excludes halogenated alkanes) is 4. The number of rotatable bonds is 28. The van der Waals surface area contributed by atoms with Gasteiger partial charge < -0.3 is 74.6 Å². The summed E-state index contributed by atoms with van der Waals surface area (Å²) >= 11 is 0. The number of hydrogen-bond acceptors (Lipinski definition) is 26. The first-order chi connectivity index (χ1) is 42.5. The van der Waals surface area contributed by atoms with E-state index in [1.807, 2.05) is 32.1 Å². The Morgan fingerprint density at radius 3 is 2.00 bits per heavy atom. The monoisotopic (exact) mass is 1390 g/mol. The summed E-state index contributed by atoms with van der Waals surface area (Å²) in [5, 5.41) is 67.6. The predicted octanol–water partition coefficient (Wildman–Crippen LogP) is -2.76. The Labute approximate surface area is 576 Å². The second-order valence-electron chi connectivity index (χ2n) is 21.4. The molecule has 0 spiro atoms. The van der Waals surface area contributed by atoms with Crippen molar-refractivity contribution in [1.82, 2.24) is 10.6 Å². The van der Waals surface area contributed by atoms with Gasteiger partial charge in [-0.1, -0.05) is 76.3 Å². The number of aliphatic hydroxyl groups is 6. The standard InChI is InChI=1S/C56H82N4O17S.K.3O3S/c1-7-9-26-56(5)38-20-17-16-19-37(38)40(60(56)29-10-8-2)21-13-11-14-22-44-55(3,4)39-33-36(78(69,70)71)24-25-41(39)59(44)28-18-12-15-23-45(63)58-27-30-72-31-32-73-53-51(48(66)46(64)42(34-61)75-53)76-52-49(67)50(77-54(68)57-6)47(65)43(35-62)74-52;;3*1-4(2)3/h11,13-14,16,19-22,24-25,33,42-43,46-53,61-62,64-67H,7-10,12,15,18,23,26-32,34-35H2,1-6H3,(H,57,68)(H,58,63)(H,69,70,71);;;;/q;+1;;;/t42-,43+,46+,47+,48-,49-,50+,51-,52+,53-,56?;;;;/m0..../s1. The summed E-state index contributed by atoms with van der Waals surface area (Å²) in [5.41, 5.74) is 5.60. The molecule has 506 valence electrons. The molecular weight excluding hydrogens is 1310 g/mol. The van der Waals surface area contributed by atoms with Gasteiger partial charge >= 0.3 is 89.3 Å². The van der Waals surface area contributed by atoms with Crippen LogP contribution < -0.4 is 66.9 Å². The number of carbonyl (C=O) groups excluding carboxylic acids is 2. The normalized spacial score (nSPS) is 25.2. The van der Waals surface area contributed by atoms with Gasteiger partial charge in [0.25, 0.3) is 10.1 Å². The number of fused-ring (bicyclic) bond motifs is 2. The van der Waals surface area contributed by atoms with Crippen molar-refractivity contribution in [1.29, 1.82) is 0 Å². The maximum absolute atomic E-state index is 12.8. The van der Waals surface area contributed by atoms with E-state index in [9.17, 15) is 53.2 Å². The molecule has 2 fully saturated rings. The number of aliphatic hydroxyl groups excluding tert-OH is 6. The number of ether oxygens (including phenoxy) is 6. The Bertz CT molecular complexity index is 3200. The summed E-state index contributed by atoms with van der Waals surface area (Å²) in [6.45, 7) is 11.1. The molecule has 9 N–H and O–H groups in total. The minimum Gasteiger partial charge on any atom is -0.440 e. The van der Waals surface area contributed by atoms with E-state index in [1.54, 1.807) is 12.1 Å². The topological polar surface area (TPSA) is 449 Å². The van der Waals surface area contributed by atoms with Crippen LogP contribution in [-0.2, 0) is 86.1 Å². The van der Waals surface area contributed by atoms with Crippen LogP contribution >= 0.6 is 0 Å². The minimum atomic E-state index is -4.44. The van der Waals surface area contributed by atoms with Gasteiger partial charge in [-0.2, -0.15) is 32.7 Å². The number of nitrogens with zero attached hydrogens (tertiary/aromatic N) is 2. The molecule has 11 atom stereocenters. The Hall–Kier alpha value is -4.16. The van der Waals surface area contributed by atoms with E-state index in [-0.39, 0.29) is 101 Å². The van der Waals surface area contributed by atoms with Crippen LogP contribution in [0.4, 0.5) is 10.5 Å². The summed E-state index contributed by atoms with van der Waals surface area (Å²) in [6.07, 6.45) is 1.24. The second kappa shape index (κ2) is 40.9. The number of allylic oxidation sites excluding steroid dienone is 6. The van der Waals surface area contributed by atoms with Gasteiger partial charge in [0.05, 0.1) is 37.9 Å². The van der Waals surface area contributed by atoms with Gasteiger partial charge in [0.1, 0.15) is 54.8 Å². The molecule has 2 aromatic rings. The molecule has 6 rings (SSSR count). The molecule has 0 radical (unpaired) electrons. The summed E-state index contributed by atoms with van der Waals surface area (Å²) in [6, 6.07) is 14.3. The van der Waals surface area contributed by atoms with E-state index in [4.69, 9.17) is 66.3 Å². The van der Waals surface area contributed by atoms with E-state index >= 15 is 0 Å². The van der Waals surface area contributed by atoms with Gasteiger partial charge in [0.2, 0.25) is 5.91 Å². The molecule has 4 heterocycles. The third-order valence-corrected chi connectivity index (χ3v) is 15.8. The first-order valence-corrected chi connectivity index (χ1v) is 33.1. The summed E-state index contributed by atoms with van der Waals surface area (Å²) in [4.78, 5) is 26.8. The van der Waals surface area contributed by atoms with Crippen molar-refractivity contribution in [3.05, 3.63) is 95.2 Å². The van der Waals surface area contributed by atoms with Crippen molar-refractivity contribution in [2.75, 3.05) is 64.6 Å². The Morgan fingerprint density at radius 1 is 0.769 bits per heavy atom. The van der Waals surface area contributed by atoms with E-state index in [0.717, 1.165) is 68.4 Å². The number of anilines is 1. The molecule has 2 saturated heterocycles. The fourth-order valence-electron chi connectivity index (χ4n) is 10.6. The first kappa shape index (κ1) is 82.9. The Balaban J connectivity index is 0.00000199. The van der Waals surface area contributed by atoms with Gasteiger partial charge in [-0.3, -0.25) is 9.35 Å². The molecule has 91 heavy (non-hydrogen) atoms. The van der Waals surface area contributed by atoms with E-state index < -0.39 is 128 Å². The van der Waals surface area contributed by atoms with Crippen LogP contribution in [0.1, 0.15) is 109 Å². The van der Waals surface area contributed by atoms with Crippen LogP contribution in [0, 0.1) is 6.07 Å². The number of amides is 2. The van der Waals surface area contributed by atoms with Crippen LogP contribution in [0.5, 0.6) is 0 Å². The maximum Gasteiger partial charge on any atom is 1.00 e. The molecule has 4 aliphatic heterocycles. The second-order valence-corrected chi connectivity index (χ2v) is 24.0. The Morgan fingerprint density at radius 2 is 1.40 bits per heavy atom. The van der Waals surface area contributed by atoms with E-state index in [2.05, 4.69) is 77.3 Å². The van der Waals surface area contributed by atoms with Crippen molar-refractivity contribution < 1.29 is 175 Å². The maximum atomic E-state index is 12.8. The zero-order valence-electron chi connectivity index (χ0n) is 51.6. The van der Waals surface area contributed by atoms with E-state index in [0.29, 0.717) is 13.0 Å². The SMILES string of the molecule is CCCC[N+]1=C(/C=C/C=C/C=C2\N(CCCCCC(=O)NCCOCCO[C@H]3O[C@@H](CO)[C@@H](O)[C@H](O)[C@@H]3O[C@H]3O[C@H](CO)[C@@H](O)[C@@H](OC(=O)NC)[C@@H]3O)c3ccc(S(=O)(=O)O)cc3C2(C)C)c2cc[c-]cc2C1(C)CCCC.O=S(=O)=O.O=S(=O)=O.O=S(=O)=O.[K+]. The molecule has 0 aliphatic carbocycles. The number of alkyl carbamates (subject to hydrolysis) is 1. The molecule has 0 bridgehead atoms. The van der Waals surface area contributed by atoms with Crippen molar-refractivity contribution in [3.63, 3.8) is 0 Å². The molecule has 1 unspecified atom stereocenters. The van der Waals surface area contributed by atoms with Gasteiger partial charge in [-0.05, 0) is 56.0 Å². The van der Waals surface area contributed by atoms with Crippen LogP contribution in [0.3, 0.4) is 0 Å². The number of carbonyl (C=O) groups is 2. The van der Waals surface area contributed by atoms with Gasteiger partial charge in [0.15, 0.2) is 24.4 Å². The molecule has 2 aromatic carbocycles. The average Bonchev–Trinajstić information content (AvgIpc) is 1.62. The summed E-state index contributed by atoms with van der Waals surface area (Å²) < 4.78 is 146. The number of hydrogen-bond donors (Lipinski definition) is 9. The fourth-order valence-corrected chi connectivity index (χ4v) is 11.1. The van der Waals surface area contributed by atoms with Crippen molar-refractivity contribution >= 4 is 65.3 Å². The number of benzene rings is 2. The molecule has 2 amide bonds. The molecule has 30 nitrogen and oxygen atoms in total. The molecular formula is C56H82KN4O26S4+. The average molecular weight is 1390 g/mol. The quantitative estimate of drug-likeness (QED) is 0.0104. The third kappa shape index (κ3) is 25.2. The largest absolute Gasteiger partial charge is 1.00 e. The summed E-state index contributed by atoms with van der Waals surface area (Å²) in [7, 11) is -12.5. The fraction of sp³-hybridized carbons (Fsp3) is 0.625. The summed E-state index contributed by atoms with van der Waals surface area (Å²) in [5.74, 6) is -0.167. The molecule has 35 heteroatoms. The smallest absolute Gasteiger partial charge is 0.440 e. The van der Waals surface area contributed by atoms with Crippen molar-refractivity contribution in [3.8, 4) is 0 Å².